The largest absolute Gasteiger partial charge is 0.488 e. The third kappa shape index (κ3) is 4.21. The summed E-state index contributed by atoms with van der Waals surface area (Å²) < 4.78 is 0. The lowest BCUT2D eigenvalue weighted by molar-refractivity contribution is 0.401. The standard InChI is InChI=1S/C25H35BO2/c1-3-5-7-11-17-25(18-12-8-6-4-2)23-14-10-9-13-21(23)22-19-20(26(27)28)15-16-24(22)25/h9-10,13-16,19,27-28H,3-8,11-12,17-18H2,1-2H3. The highest BCUT2D eigenvalue weighted by Crippen LogP contribution is 2.53. The number of hydrogen-bond donors (Lipinski definition) is 2. The van der Waals surface area contributed by atoms with Crippen LogP contribution in [-0.4, -0.2) is 17.2 Å². The molecule has 0 amide bonds. The third-order valence-electron chi connectivity index (χ3n) is 6.50. The zero-order valence-electron chi connectivity index (χ0n) is 17.6. The smallest absolute Gasteiger partial charge is 0.423 e. The minimum Gasteiger partial charge on any atom is -0.423 e. The zero-order chi connectivity index (χ0) is 20.0. The van der Waals surface area contributed by atoms with Gasteiger partial charge in [-0.25, -0.2) is 0 Å². The molecule has 1 aliphatic rings. The van der Waals surface area contributed by atoms with Gasteiger partial charge in [-0.15, -0.1) is 0 Å². The first-order valence-corrected chi connectivity index (χ1v) is 11.2. The second-order valence-electron chi connectivity index (χ2n) is 8.43. The predicted molar refractivity (Wildman–Crippen MR) is 120 cm³/mol. The summed E-state index contributed by atoms with van der Waals surface area (Å²) in [6, 6.07) is 14.9. The van der Waals surface area contributed by atoms with E-state index in [0.717, 1.165) is 0 Å². The van der Waals surface area contributed by atoms with E-state index in [9.17, 15) is 10.0 Å². The zero-order valence-corrected chi connectivity index (χ0v) is 17.6. The van der Waals surface area contributed by atoms with E-state index in [1.165, 1.54) is 86.5 Å². The fourth-order valence-corrected chi connectivity index (χ4v) is 5.01. The lowest BCUT2D eigenvalue weighted by Gasteiger charge is -2.33. The number of hydrogen-bond acceptors (Lipinski definition) is 2. The van der Waals surface area contributed by atoms with Crippen molar-refractivity contribution in [2.24, 2.45) is 0 Å². The van der Waals surface area contributed by atoms with Crippen LogP contribution in [0.4, 0.5) is 0 Å². The Kier molecular flexibility index (Phi) is 7.37. The van der Waals surface area contributed by atoms with Crippen LogP contribution in [0.3, 0.4) is 0 Å². The second kappa shape index (κ2) is 9.76. The molecule has 0 unspecified atom stereocenters. The lowest BCUT2D eigenvalue weighted by atomic mass is 9.70. The fourth-order valence-electron chi connectivity index (χ4n) is 5.01. The molecule has 0 heterocycles. The summed E-state index contributed by atoms with van der Waals surface area (Å²) in [6.07, 6.45) is 12.6. The Bertz CT molecular complexity index is 757. The summed E-state index contributed by atoms with van der Waals surface area (Å²) in [5.41, 5.74) is 5.99. The average Bonchev–Trinajstić information content (AvgIpc) is 2.99. The monoisotopic (exact) mass is 378 g/mol. The Balaban J connectivity index is 2.01. The van der Waals surface area contributed by atoms with Gasteiger partial charge in [0.1, 0.15) is 0 Å². The quantitative estimate of drug-likeness (QED) is 0.396. The van der Waals surface area contributed by atoms with Gasteiger partial charge in [0.15, 0.2) is 0 Å². The van der Waals surface area contributed by atoms with Crippen LogP contribution in [0, 0.1) is 0 Å². The van der Waals surface area contributed by atoms with Crippen LogP contribution in [0.1, 0.15) is 89.2 Å². The number of fused-ring (bicyclic) bond motifs is 3. The van der Waals surface area contributed by atoms with Crippen molar-refractivity contribution in [2.75, 3.05) is 0 Å². The first kappa shape index (κ1) is 21.1. The number of benzene rings is 2. The molecular formula is C25H35BO2. The van der Waals surface area contributed by atoms with Gasteiger partial charge in [0.2, 0.25) is 0 Å². The molecule has 0 aromatic heterocycles. The molecule has 0 aliphatic heterocycles. The van der Waals surface area contributed by atoms with Gasteiger partial charge in [0.25, 0.3) is 0 Å². The van der Waals surface area contributed by atoms with Gasteiger partial charge >= 0.3 is 7.12 Å². The predicted octanol–water partition coefficient (Wildman–Crippen LogP) is 5.57. The molecule has 28 heavy (non-hydrogen) atoms. The van der Waals surface area contributed by atoms with Gasteiger partial charge in [0.05, 0.1) is 0 Å². The molecule has 1 aliphatic carbocycles. The molecule has 0 atom stereocenters. The number of rotatable bonds is 11. The molecule has 0 saturated heterocycles. The first-order chi connectivity index (χ1) is 13.6. The molecule has 0 saturated carbocycles. The van der Waals surface area contributed by atoms with Crippen molar-refractivity contribution < 1.29 is 10.0 Å². The SMILES string of the molecule is CCCCCCC1(CCCCCC)c2ccccc2-c2cc(B(O)O)ccc21. The van der Waals surface area contributed by atoms with Crippen molar-refractivity contribution >= 4 is 12.6 Å². The maximum Gasteiger partial charge on any atom is 0.488 e. The molecule has 0 bridgehead atoms. The van der Waals surface area contributed by atoms with Crippen molar-refractivity contribution in [3.05, 3.63) is 53.6 Å². The maximum absolute atomic E-state index is 9.69. The fraction of sp³-hybridized carbons (Fsp3) is 0.520. The summed E-state index contributed by atoms with van der Waals surface area (Å²) in [5, 5.41) is 19.4. The van der Waals surface area contributed by atoms with Crippen molar-refractivity contribution in [3.63, 3.8) is 0 Å². The van der Waals surface area contributed by atoms with Crippen LogP contribution in [0.5, 0.6) is 0 Å². The van der Waals surface area contributed by atoms with Gasteiger partial charge in [0, 0.05) is 5.41 Å². The van der Waals surface area contributed by atoms with Crippen LogP contribution in [-0.2, 0) is 5.41 Å². The Morgan fingerprint density at radius 2 is 1.32 bits per heavy atom. The van der Waals surface area contributed by atoms with Crippen LogP contribution in [0.15, 0.2) is 42.5 Å². The van der Waals surface area contributed by atoms with E-state index >= 15 is 0 Å². The van der Waals surface area contributed by atoms with Gasteiger partial charge in [-0.05, 0) is 40.6 Å². The Morgan fingerprint density at radius 3 is 1.93 bits per heavy atom. The van der Waals surface area contributed by atoms with E-state index in [-0.39, 0.29) is 5.41 Å². The molecule has 2 aromatic carbocycles. The first-order valence-electron chi connectivity index (χ1n) is 11.2. The van der Waals surface area contributed by atoms with E-state index in [2.05, 4.69) is 44.2 Å². The Labute approximate surface area is 171 Å². The molecule has 150 valence electrons. The highest BCUT2D eigenvalue weighted by molar-refractivity contribution is 6.58. The normalized spacial score (nSPS) is 14.0. The van der Waals surface area contributed by atoms with Gasteiger partial charge < -0.3 is 10.0 Å². The number of unbranched alkanes of at least 4 members (excludes halogenated alkanes) is 6. The van der Waals surface area contributed by atoms with Crippen LogP contribution >= 0.6 is 0 Å². The minimum atomic E-state index is -1.42. The molecule has 0 fully saturated rings. The average molecular weight is 378 g/mol. The van der Waals surface area contributed by atoms with E-state index in [1.54, 1.807) is 0 Å². The highest BCUT2D eigenvalue weighted by Gasteiger charge is 2.42. The van der Waals surface area contributed by atoms with E-state index in [1.807, 2.05) is 12.1 Å². The maximum atomic E-state index is 9.69. The van der Waals surface area contributed by atoms with Gasteiger partial charge in [-0.1, -0.05) is 108 Å². The molecule has 0 spiro atoms. The van der Waals surface area contributed by atoms with Crippen LogP contribution < -0.4 is 5.46 Å². The minimum absolute atomic E-state index is 0.0757. The van der Waals surface area contributed by atoms with E-state index in [4.69, 9.17) is 0 Å². The molecule has 3 heteroatoms. The molecule has 2 nitrogen and oxygen atoms in total. The van der Waals surface area contributed by atoms with E-state index in [0.29, 0.717) is 5.46 Å². The summed E-state index contributed by atoms with van der Waals surface area (Å²) in [6.45, 7) is 4.53. The van der Waals surface area contributed by atoms with Crippen LogP contribution in [0.2, 0.25) is 0 Å². The summed E-state index contributed by atoms with van der Waals surface area (Å²) >= 11 is 0. The molecule has 2 aromatic rings. The summed E-state index contributed by atoms with van der Waals surface area (Å²) in [7, 11) is -1.42. The summed E-state index contributed by atoms with van der Waals surface area (Å²) in [4.78, 5) is 0. The van der Waals surface area contributed by atoms with Gasteiger partial charge in [-0.3, -0.25) is 0 Å². The molecule has 3 rings (SSSR count). The van der Waals surface area contributed by atoms with Crippen molar-refractivity contribution in [2.45, 2.75) is 83.5 Å². The van der Waals surface area contributed by atoms with E-state index < -0.39 is 7.12 Å². The second-order valence-corrected chi connectivity index (χ2v) is 8.43. The van der Waals surface area contributed by atoms with Gasteiger partial charge in [-0.2, -0.15) is 0 Å². The third-order valence-corrected chi connectivity index (χ3v) is 6.50. The Hall–Kier alpha value is -1.58. The van der Waals surface area contributed by atoms with Crippen molar-refractivity contribution in [1.82, 2.24) is 0 Å². The van der Waals surface area contributed by atoms with Crippen LogP contribution in [0.25, 0.3) is 11.1 Å². The lowest BCUT2D eigenvalue weighted by Crippen LogP contribution is -2.31. The topological polar surface area (TPSA) is 40.5 Å². The summed E-state index contributed by atoms with van der Waals surface area (Å²) in [5.74, 6) is 0. The van der Waals surface area contributed by atoms with Crippen molar-refractivity contribution in [1.29, 1.82) is 0 Å². The molecule has 0 radical (unpaired) electrons. The van der Waals surface area contributed by atoms with Crippen molar-refractivity contribution in [3.8, 4) is 11.1 Å². The molecule has 2 N–H and O–H groups in total. The highest BCUT2D eigenvalue weighted by atomic mass is 16.4. The molecular weight excluding hydrogens is 343 g/mol. The Morgan fingerprint density at radius 1 is 0.714 bits per heavy atom.